The molecule has 0 aliphatic rings. The first-order chi connectivity index (χ1) is 12.5. The minimum atomic E-state index is -0.122. The Morgan fingerprint density at radius 3 is 2.31 bits per heavy atom. The highest BCUT2D eigenvalue weighted by atomic mass is 16.5. The topological polar surface area (TPSA) is 67.6 Å². The molecular formula is C21H29N3O2. The molecule has 2 rings (SSSR count). The van der Waals surface area contributed by atoms with Gasteiger partial charge in [0.2, 0.25) is 0 Å². The molecule has 0 radical (unpaired) electrons. The van der Waals surface area contributed by atoms with Gasteiger partial charge < -0.3 is 15.8 Å². The van der Waals surface area contributed by atoms with Crippen molar-refractivity contribution in [2.75, 3.05) is 25.0 Å². The molecule has 140 valence electrons. The van der Waals surface area contributed by atoms with Crippen LogP contribution in [0.4, 0.5) is 5.69 Å². The van der Waals surface area contributed by atoms with E-state index in [0.29, 0.717) is 24.8 Å². The maximum atomic E-state index is 12.4. The molecule has 0 aliphatic carbocycles. The van der Waals surface area contributed by atoms with E-state index in [9.17, 15) is 4.79 Å². The summed E-state index contributed by atoms with van der Waals surface area (Å²) in [7, 11) is 0. The fraction of sp³-hybridized carbons (Fsp3) is 0.381. The van der Waals surface area contributed by atoms with Gasteiger partial charge in [-0.3, -0.25) is 9.69 Å². The Hall–Kier alpha value is -2.37. The van der Waals surface area contributed by atoms with Gasteiger partial charge in [0.15, 0.2) is 0 Å². The second-order valence-corrected chi connectivity index (χ2v) is 6.47. The number of nitrogens with zero attached hydrogens (tertiary/aromatic N) is 1. The van der Waals surface area contributed by atoms with Crippen LogP contribution in [0.5, 0.6) is 5.75 Å². The summed E-state index contributed by atoms with van der Waals surface area (Å²) in [5.74, 6) is 0.617. The van der Waals surface area contributed by atoms with Gasteiger partial charge in [-0.15, -0.1) is 0 Å². The van der Waals surface area contributed by atoms with Gasteiger partial charge in [-0.1, -0.05) is 19.1 Å². The van der Waals surface area contributed by atoms with Gasteiger partial charge in [-0.05, 0) is 62.4 Å². The van der Waals surface area contributed by atoms with Crippen molar-refractivity contribution in [1.82, 2.24) is 4.90 Å². The number of ether oxygens (including phenoxy) is 1. The normalized spacial score (nSPS) is 11.0. The number of hydrogen-bond donors (Lipinski definition) is 2. The van der Waals surface area contributed by atoms with Crippen molar-refractivity contribution in [2.45, 2.75) is 33.4 Å². The van der Waals surface area contributed by atoms with Crippen LogP contribution in [0.1, 0.15) is 36.7 Å². The molecule has 0 saturated heterocycles. The molecule has 0 spiro atoms. The summed E-state index contributed by atoms with van der Waals surface area (Å²) in [5, 5.41) is 2.90. The lowest BCUT2D eigenvalue weighted by Crippen LogP contribution is -2.29. The molecule has 2 aromatic carbocycles. The van der Waals surface area contributed by atoms with Gasteiger partial charge >= 0.3 is 0 Å². The summed E-state index contributed by atoms with van der Waals surface area (Å²) in [6.45, 7) is 9.39. The zero-order valence-electron chi connectivity index (χ0n) is 15.9. The Morgan fingerprint density at radius 2 is 1.77 bits per heavy atom. The Balaban J connectivity index is 1.95. The zero-order valence-corrected chi connectivity index (χ0v) is 15.9. The molecule has 5 heteroatoms. The number of carbonyl (C=O) groups excluding carboxylic acids is 1. The van der Waals surface area contributed by atoms with Crippen LogP contribution in [0.25, 0.3) is 0 Å². The Labute approximate surface area is 156 Å². The highest BCUT2D eigenvalue weighted by molar-refractivity contribution is 6.04. The van der Waals surface area contributed by atoms with Gasteiger partial charge in [0.1, 0.15) is 12.4 Å². The third-order valence-corrected chi connectivity index (χ3v) is 4.24. The first-order valence-electron chi connectivity index (χ1n) is 9.10. The molecule has 26 heavy (non-hydrogen) atoms. The average Bonchev–Trinajstić information content (AvgIpc) is 2.65. The van der Waals surface area contributed by atoms with Gasteiger partial charge in [0, 0.05) is 30.4 Å². The monoisotopic (exact) mass is 355 g/mol. The van der Waals surface area contributed by atoms with Crippen LogP contribution in [0.3, 0.4) is 0 Å². The highest BCUT2D eigenvalue weighted by Crippen LogP contribution is 2.17. The zero-order chi connectivity index (χ0) is 18.9. The lowest BCUT2D eigenvalue weighted by molar-refractivity contribution is 0.102. The Morgan fingerprint density at radius 1 is 1.12 bits per heavy atom. The largest absolute Gasteiger partial charge is 0.492 e. The number of anilines is 1. The fourth-order valence-corrected chi connectivity index (χ4v) is 2.67. The van der Waals surface area contributed by atoms with E-state index in [-0.39, 0.29) is 5.91 Å². The molecule has 0 fully saturated rings. The molecule has 0 unspecified atom stereocenters. The number of nitrogens with two attached hydrogens (primary N) is 1. The van der Waals surface area contributed by atoms with E-state index in [1.54, 1.807) is 0 Å². The van der Waals surface area contributed by atoms with Gasteiger partial charge in [0.25, 0.3) is 5.91 Å². The first-order valence-corrected chi connectivity index (χ1v) is 9.10. The summed E-state index contributed by atoms with van der Waals surface area (Å²) < 4.78 is 5.43. The quantitative estimate of drug-likeness (QED) is 0.722. The van der Waals surface area contributed by atoms with Crippen molar-refractivity contribution >= 4 is 11.6 Å². The summed E-state index contributed by atoms with van der Waals surface area (Å²) in [4.78, 5) is 14.8. The van der Waals surface area contributed by atoms with Gasteiger partial charge in [-0.2, -0.15) is 0 Å². The van der Waals surface area contributed by atoms with Crippen molar-refractivity contribution in [1.29, 1.82) is 0 Å². The third-order valence-electron chi connectivity index (χ3n) is 4.24. The SMILES string of the molecule is CCN(Cc1ccc(C(=O)Nc2ccc(OCCN)cc2)cc1)C(C)C. The molecule has 0 aliphatic heterocycles. The van der Waals surface area contributed by atoms with E-state index in [4.69, 9.17) is 10.5 Å². The molecule has 0 bridgehead atoms. The van der Waals surface area contributed by atoms with Crippen LogP contribution in [0.15, 0.2) is 48.5 Å². The Kier molecular flexibility index (Phi) is 7.63. The predicted molar refractivity (Wildman–Crippen MR) is 107 cm³/mol. The van der Waals surface area contributed by atoms with Crippen LogP contribution in [-0.4, -0.2) is 36.5 Å². The second-order valence-electron chi connectivity index (χ2n) is 6.47. The van der Waals surface area contributed by atoms with Crippen molar-refractivity contribution in [2.24, 2.45) is 5.73 Å². The number of amides is 1. The minimum Gasteiger partial charge on any atom is -0.492 e. The number of rotatable bonds is 9. The number of hydrogen-bond acceptors (Lipinski definition) is 4. The minimum absolute atomic E-state index is 0.122. The summed E-state index contributed by atoms with van der Waals surface area (Å²) >= 11 is 0. The number of nitrogens with one attached hydrogen (secondary N) is 1. The van der Waals surface area contributed by atoms with Crippen molar-refractivity contribution < 1.29 is 9.53 Å². The lowest BCUT2D eigenvalue weighted by Gasteiger charge is -2.24. The molecule has 0 aromatic heterocycles. The first kappa shape index (κ1) is 19.9. The molecule has 3 N–H and O–H groups in total. The van der Waals surface area contributed by atoms with Gasteiger partial charge in [-0.25, -0.2) is 0 Å². The lowest BCUT2D eigenvalue weighted by atomic mass is 10.1. The molecule has 5 nitrogen and oxygen atoms in total. The van der Waals surface area contributed by atoms with Crippen molar-refractivity contribution in [3.8, 4) is 5.75 Å². The Bertz CT molecular complexity index is 681. The van der Waals surface area contributed by atoms with E-state index in [2.05, 4.69) is 31.0 Å². The standard InChI is InChI=1S/C21H29N3O2/c1-4-24(16(2)3)15-17-5-7-18(8-6-17)21(25)23-19-9-11-20(12-10-19)26-14-13-22/h5-12,16H,4,13-15,22H2,1-3H3,(H,23,25). The van der Waals surface area contributed by atoms with E-state index in [0.717, 1.165) is 24.5 Å². The molecule has 2 aromatic rings. The molecule has 1 amide bonds. The summed E-state index contributed by atoms with van der Waals surface area (Å²) in [5.41, 5.74) is 7.99. The van der Waals surface area contributed by atoms with Crippen LogP contribution >= 0.6 is 0 Å². The third kappa shape index (κ3) is 5.86. The van der Waals surface area contributed by atoms with Gasteiger partial charge in [0.05, 0.1) is 0 Å². The van der Waals surface area contributed by atoms with E-state index in [1.807, 2.05) is 48.5 Å². The van der Waals surface area contributed by atoms with Crippen molar-refractivity contribution in [3.63, 3.8) is 0 Å². The van der Waals surface area contributed by atoms with Crippen LogP contribution in [-0.2, 0) is 6.54 Å². The molecule has 0 saturated carbocycles. The molecule has 0 atom stereocenters. The van der Waals surface area contributed by atoms with E-state index < -0.39 is 0 Å². The fourth-order valence-electron chi connectivity index (χ4n) is 2.67. The maximum Gasteiger partial charge on any atom is 0.255 e. The van der Waals surface area contributed by atoms with Crippen LogP contribution in [0, 0.1) is 0 Å². The van der Waals surface area contributed by atoms with Crippen LogP contribution in [0.2, 0.25) is 0 Å². The van der Waals surface area contributed by atoms with E-state index in [1.165, 1.54) is 5.56 Å². The van der Waals surface area contributed by atoms with Crippen molar-refractivity contribution in [3.05, 3.63) is 59.7 Å². The second kappa shape index (κ2) is 9.94. The van der Waals surface area contributed by atoms with E-state index >= 15 is 0 Å². The predicted octanol–water partition coefficient (Wildman–Crippen LogP) is 3.51. The number of carbonyl (C=O) groups is 1. The van der Waals surface area contributed by atoms with Crippen LogP contribution < -0.4 is 15.8 Å². The summed E-state index contributed by atoms with van der Waals surface area (Å²) in [6, 6.07) is 15.6. The molecular weight excluding hydrogens is 326 g/mol. The highest BCUT2D eigenvalue weighted by Gasteiger charge is 2.10. The average molecular weight is 355 g/mol. The molecule has 0 heterocycles. The maximum absolute atomic E-state index is 12.4. The summed E-state index contributed by atoms with van der Waals surface area (Å²) in [6.07, 6.45) is 0. The smallest absolute Gasteiger partial charge is 0.255 e. The number of benzene rings is 2.